The van der Waals surface area contributed by atoms with Gasteiger partial charge in [0, 0.05) is 12.2 Å². The third-order valence-corrected chi connectivity index (χ3v) is 2.49. The van der Waals surface area contributed by atoms with Crippen LogP contribution in [0.3, 0.4) is 0 Å². The van der Waals surface area contributed by atoms with Crippen LogP contribution in [-0.4, -0.2) is 13.2 Å². The second kappa shape index (κ2) is 5.44. The Morgan fingerprint density at radius 2 is 2.29 bits per heavy atom. The lowest BCUT2D eigenvalue weighted by atomic mass is 10.1. The minimum Gasteiger partial charge on any atom is -0.380 e. The van der Waals surface area contributed by atoms with Crippen LogP contribution < -0.4 is 5.73 Å². The Balaban J connectivity index is 2.79. The number of benzene rings is 1. The molecule has 0 aliphatic heterocycles. The molecule has 2 N–H and O–H groups in total. The van der Waals surface area contributed by atoms with Crippen LogP contribution in [0.25, 0.3) is 0 Å². The zero-order valence-corrected chi connectivity index (χ0v) is 9.55. The second-order valence-corrected chi connectivity index (χ2v) is 3.76. The molecule has 0 bridgehead atoms. The molecule has 0 aromatic heterocycles. The zero-order valence-electron chi connectivity index (χ0n) is 7.97. The van der Waals surface area contributed by atoms with E-state index in [9.17, 15) is 4.39 Å². The Hall–Kier alpha value is -0.450. The van der Waals surface area contributed by atoms with Gasteiger partial charge in [-0.25, -0.2) is 4.39 Å². The summed E-state index contributed by atoms with van der Waals surface area (Å²) in [4.78, 5) is 0. The molecule has 14 heavy (non-hydrogen) atoms. The van der Waals surface area contributed by atoms with Gasteiger partial charge in [-0.3, -0.25) is 0 Å². The fraction of sp³-hybridized carbons (Fsp3) is 0.400. The quantitative estimate of drug-likeness (QED) is 0.905. The van der Waals surface area contributed by atoms with E-state index in [-0.39, 0.29) is 5.82 Å². The van der Waals surface area contributed by atoms with E-state index in [0.717, 1.165) is 0 Å². The van der Waals surface area contributed by atoms with Gasteiger partial charge in [0.05, 0.1) is 17.1 Å². The molecule has 0 spiro atoms. The van der Waals surface area contributed by atoms with Gasteiger partial charge in [-0.15, -0.1) is 0 Å². The molecule has 0 amide bonds. The molecule has 0 saturated heterocycles. The molecule has 0 aliphatic rings. The highest BCUT2D eigenvalue weighted by Gasteiger charge is 2.12. The van der Waals surface area contributed by atoms with Gasteiger partial charge in [0.15, 0.2) is 0 Å². The maximum Gasteiger partial charge on any atom is 0.142 e. The highest BCUT2D eigenvalue weighted by Crippen LogP contribution is 2.22. The molecule has 1 atom stereocenters. The maximum atomic E-state index is 13.5. The fourth-order valence-corrected chi connectivity index (χ4v) is 1.52. The molecule has 0 heterocycles. The fourth-order valence-electron chi connectivity index (χ4n) is 1.14. The van der Waals surface area contributed by atoms with Crippen LogP contribution in [0.2, 0.25) is 0 Å². The summed E-state index contributed by atoms with van der Waals surface area (Å²) in [6.07, 6.45) is 0. The van der Waals surface area contributed by atoms with E-state index in [2.05, 4.69) is 15.9 Å². The lowest BCUT2D eigenvalue weighted by Crippen LogP contribution is -2.18. The van der Waals surface area contributed by atoms with Gasteiger partial charge in [0.1, 0.15) is 5.82 Å². The first kappa shape index (κ1) is 11.6. The summed E-state index contributed by atoms with van der Waals surface area (Å²) in [5.41, 5.74) is 6.24. The van der Waals surface area contributed by atoms with Crippen molar-refractivity contribution in [1.82, 2.24) is 0 Å². The summed E-state index contributed by atoms with van der Waals surface area (Å²) in [6, 6.07) is 4.66. The average Bonchev–Trinajstić information content (AvgIpc) is 2.18. The Morgan fingerprint density at radius 1 is 1.57 bits per heavy atom. The van der Waals surface area contributed by atoms with Crippen molar-refractivity contribution in [3.8, 4) is 0 Å². The topological polar surface area (TPSA) is 35.2 Å². The van der Waals surface area contributed by atoms with Crippen LogP contribution in [0.4, 0.5) is 4.39 Å². The second-order valence-electron chi connectivity index (χ2n) is 2.91. The van der Waals surface area contributed by atoms with Crippen LogP contribution >= 0.6 is 15.9 Å². The third-order valence-electron chi connectivity index (χ3n) is 1.88. The van der Waals surface area contributed by atoms with E-state index in [1.54, 1.807) is 18.2 Å². The van der Waals surface area contributed by atoms with Crippen molar-refractivity contribution in [2.45, 2.75) is 13.0 Å². The summed E-state index contributed by atoms with van der Waals surface area (Å²) in [5, 5.41) is 0. The number of halogens is 2. The van der Waals surface area contributed by atoms with Crippen molar-refractivity contribution in [2.75, 3.05) is 13.2 Å². The zero-order chi connectivity index (χ0) is 10.6. The molecule has 1 rings (SSSR count). The SMILES string of the molecule is CCOCC(N)c1cccc(Br)c1F. The van der Waals surface area contributed by atoms with Gasteiger partial charge in [-0.2, -0.15) is 0 Å². The lowest BCUT2D eigenvalue weighted by molar-refractivity contribution is 0.132. The van der Waals surface area contributed by atoms with Gasteiger partial charge in [-0.05, 0) is 28.9 Å². The first-order valence-electron chi connectivity index (χ1n) is 4.44. The number of hydrogen-bond acceptors (Lipinski definition) is 2. The summed E-state index contributed by atoms with van der Waals surface area (Å²) in [6.45, 7) is 2.80. The normalized spacial score (nSPS) is 12.9. The minimum atomic E-state index is -0.410. The molecule has 0 radical (unpaired) electrons. The predicted octanol–water partition coefficient (Wildman–Crippen LogP) is 2.62. The summed E-state index contributed by atoms with van der Waals surface area (Å²) in [5.74, 6) is -0.306. The van der Waals surface area contributed by atoms with E-state index in [4.69, 9.17) is 10.5 Å². The molecular formula is C10H13BrFNO. The Morgan fingerprint density at radius 3 is 2.93 bits per heavy atom. The molecule has 0 fully saturated rings. The van der Waals surface area contributed by atoms with E-state index in [0.29, 0.717) is 23.2 Å². The Kier molecular flexibility index (Phi) is 4.51. The van der Waals surface area contributed by atoms with Gasteiger partial charge in [0.25, 0.3) is 0 Å². The first-order chi connectivity index (χ1) is 6.66. The van der Waals surface area contributed by atoms with E-state index >= 15 is 0 Å². The van der Waals surface area contributed by atoms with Gasteiger partial charge >= 0.3 is 0 Å². The van der Waals surface area contributed by atoms with Gasteiger partial charge in [-0.1, -0.05) is 12.1 Å². The summed E-state index contributed by atoms with van der Waals surface area (Å²) < 4.78 is 19.1. The monoisotopic (exact) mass is 261 g/mol. The smallest absolute Gasteiger partial charge is 0.142 e. The summed E-state index contributed by atoms with van der Waals surface area (Å²) >= 11 is 3.11. The molecule has 78 valence electrons. The minimum absolute atomic E-state index is 0.306. The Bertz CT molecular complexity index is 306. The van der Waals surface area contributed by atoms with Gasteiger partial charge < -0.3 is 10.5 Å². The van der Waals surface area contributed by atoms with E-state index in [1.807, 2.05) is 6.92 Å². The highest BCUT2D eigenvalue weighted by atomic mass is 79.9. The largest absolute Gasteiger partial charge is 0.380 e. The number of ether oxygens (including phenoxy) is 1. The molecule has 0 saturated carbocycles. The number of rotatable bonds is 4. The van der Waals surface area contributed by atoms with Crippen molar-refractivity contribution < 1.29 is 9.13 Å². The van der Waals surface area contributed by atoms with E-state index < -0.39 is 6.04 Å². The maximum absolute atomic E-state index is 13.5. The molecule has 1 unspecified atom stereocenters. The molecular weight excluding hydrogens is 249 g/mol. The van der Waals surface area contributed by atoms with Crippen molar-refractivity contribution >= 4 is 15.9 Å². The van der Waals surface area contributed by atoms with Gasteiger partial charge in [0.2, 0.25) is 0 Å². The third kappa shape index (κ3) is 2.77. The highest BCUT2D eigenvalue weighted by molar-refractivity contribution is 9.10. The molecule has 2 nitrogen and oxygen atoms in total. The molecule has 1 aromatic rings. The van der Waals surface area contributed by atoms with Crippen LogP contribution in [0, 0.1) is 5.82 Å². The van der Waals surface area contributed by atoms with Crippen LogP contribution in [0.15, 0.2) is 22.7 Å². The predicted molar refractivity (Wildman–Crippen MR) is 57.5 cm³/mol. The van der Waals surface area contributed by atoms with E-state index in [1.165, 1.54) is 0 Å². The summed E-state index contributed by atoms with van der Waals surface area (Å²) in [7, 11) is 0. The number of hydrogen-bond donors (Lipinski definition) is 1. The first-order valence-corrected chi connectivity index (χ1v) is 5.23. The molecule has 0 aliphatic carbocycles. The van der Waals surface area contributed by atoms with Crippen LogP contribution in [0.5, 0.6) is 0 Å². The van der Waals surface area contributed by atoms with Crippen LogP contribution in [0.1, 0.15) is 18.5 Å². The molecule has 4 heteroatoms. The Labute approximate surface area is 91.4 Å². The van der Waals surface area contributed by atoms with Crippen molar-refractivity contribution in [1.29, 1.82) is 0 Å². The van der Waals surface area contributed by atoms with Crippen molar-refractivity contribution in [2.24, 2.45) is 5.73 Å². The standard InChI is InChI=1S/C10H13BrFNO/c1-2-14-6-9(13)7-4-3-5-8(11)10(7)12/h3-5,9H,2,6,13H2,1H3. The van der Waals surface area contributed by atoms with Crippen molar-refractivity contribution in [3.63, 3.8) is 0 Å². The molecule has 1 aromatic carbocycles. The average molecular weight is 262 g/mol. The number of nitrogens with two attached hydrogens (primary N) is 1. The lowest BCUT2D eigenvalue weighted by Gasteiger charge is -2.13. The van der Waals surface area contributed by atoms with Crippen molar-refractivity contribution in [3.05, 3.63) is 34.1 Å². The van der Waals surface area contributed by atoms with Crippen LogP contribution in [-0.2, 0) is 4.74 Å².